The van der Waals surface area contributed by atoms with Crippen LogP contribution in [-0.2, 0) is 9.59 Å². The maximum absolute atomic E-state index is 13.0. The summed E-state index contributed by atoms with van der Waals surface area (Å²) in [5, 5.41) is 29.1. The van der Waals surface area contributed by atoms with E-state index >= 15 is 0 Å². The van der Waals surface area contributed by atoms with Gasteiger partial charge in [0, 0.05) is 5.39 Å². The van der Waals surface area contributed by atoms with E-state index in [0.717, 1.165) is 15.9 Å². The minimum atomic E-state index is -1.07. The van der Waals surface area contributed by atoms with E-state index in [-0.39, 0.29) is 5.56 Å². The number of fused-ring (bicyclic) bond motifs is 1. The number of carbonyl (C=O) groups is 3. The molecule has 0 spiro atoms. The van der Waals surface area contributed by atoms with Crippen LogP contribution in [0.3, 0.4) is 0 Å². The quantitative estimate of drug-likeness (QED) is 0.571. The maximum Gasteiger partial charge on any atom is 0.335 e. The van der Waals surface area contributed by atoms with Gasteiger partial charge in [0.05, 0.1) is 28.2 Å². The van der Waals surface area contributed by atoms with Crippen molar-refractivity contribution < 1.29 is 19.5 Å². The highest BCUT2D eigenvalue weighted by Crippen LogP contribution is 2.26. The Morgan fingerprint density at radius 1 is 0.829 bits per heavy atom. The van der Waals surface area contributed by atoms with Crippen molar-refractivity contribution in [3.8, 4) is 0 Å². The van der Waals surface area contributed by atoms with Crippen molar-refractivity contribution in [2.45, 2.75) is 25.9 Å². The number of pyridine rings is 1. The van der Waals surface area contributed by atoms with E-state index in [2.05, 4.69) is 25.4 Å². The molecule has 3 aromatic rings. The van der Waals surface area contributed by atoms with E-state index < -0.39 is 29.9 Å². The molecule has 0 saturated heterocycles. The SMILES string of the molecule is CC1=NN(c2ccc(C(=O)O)cc2)C(=O)C1/N=N/C1C(=O)N(c2ccc3ccccc3n2)N=C1C. The van der Waals surface area contributed by atoms with Gasteiger partial charge in [0.25, 0.3) is 11.8 Å². The van der Waals surface area contributed by atoms with Crippen LogP contribution in [0.5, 0.6) is 0 Å². The lowest BCUT2D eigenvalue weighted by atomic mass is 10.2. The van der Waals surface area contributed by atoms with Crippen LogP contribution < -0.4 is 10.0 Å². The van der Waals surface area contributed by atoms with Crippen LogP contribution in [0.2, 0.25) is 0 Å². The van der Waals surface area contributed by atoms with Crippen molar-refractivity contribution in [3.63, 3.8) is 0 Å². The number of hydrogen-bond donors (Lipinski definition) is 1. The molecular weight excluding hydrogens is 450 g/mol. The molecule has 2 amide bonds. The van der Waals surface area contributed by atoms with Crippen molar-refractivity contribution in [3.05, 3.63) is 66.2 Å². The molecule has 3 heterocycles. The molecule has 0 fully saturated rings. The summed E-state index contributed by atoms with van der Waals surface area (Å²) >= 11 is 0. The molecule has 2 aliphatic rings. The molecule has 0 radical (unpaired) electrons. The van der Waals surface area contributed by atoms with Crippen LogP contribution in [0.15, 0.2) is 81.1 Å². The molecule has 11 heteroatoms. The molecule has 2 aliphatic heterocycles. The molecule has 0 aliphatic carbocycles. The third-order valence-electron chi connectivity index (χ3n) is 5.65. The molecule has 2 aromatic carbocycles. The number of benzene rings is 2. The number of anilines is 2. The second kappa shape index (κ2) is 8.52. The van der Waals surface area contributed by atoms with Crippen LogP contribution in [0, 0.1) is 0 Å². The van der Waals surface area contributed by atoms with Gasteiger partial charge in [-0.2, -0.15) is 30.4 Å². The van der Waals surface area contributed by atoms with Crippen LogP contribution >= 0.6 is 0 Å². The average Bonchev–Trinajstić information content (AvgIpc) is 3.31. The Morgan fingerprint density at radius 2 is 1.43 bits per heavy atom. The van der Waals surface area contributed by atoms with Crippen LogP contribution in [0.25, 0.3) is 10.9 Å². The van der Waals surface area contributed by atoms with Gasteiger partial charge in [-0.1, -0.05) is 18.2 Å². The number of hydrogen-bond acceptors (Lipinski definition) is 8. The summed E-state index contributed by atoms with van der Waals surface area (Å²) in [6, 6.07) is 14.9. The summed E-state index contributed by atoms with van der Waals surface area (Å²) < 4.78 is 0. The number of carboxylic acid groups (broad SMARTS) is 1. The Bertz CT molecular complexity index is 1460. The first kappa shape index (κ1) is 22.0. The van der Waals surface area contributed by atoms with Gasteiger partial charge in [-0.05, 0) is 56.3 Å². The van der Waals surface area contributed by atoms with Gasteiger partial charge >= 0.3 is 5.97 Å². The largest absolute Gasteiger partial charge is 0.478 e. The lowest BCUT2D eigenvalue weighted by Gasteiger charge is -2.13. The fourth-order valence-corrected chi connectivity index (χ4v) is 3.78. The number of rotatable bonds is 5. The normalized spacial score (nSPS) is 20.2. The Balaban J connectivity index is 1.33. The monoisotopic (exact) mass is 469 g/mol. The summed E-state index contributed by atoms with van der Waals surface area (Å²) in [4.78, 5) is 41.5. The molecule has 2 unspecified atom stereocenters. The smallest absolute Gasteiger partial charge is 0.335 e. The van der Waals surface area contributed by atoms with E-state index in [0.29, 0.717) is 22.9 Å². The van der Waals surface area contributed by atoms with Crippen LogP contribution in [0.1, 0.15) is 24.2 Å². The van der Waals surface area contributed by atoms with Gasteiger partial charge in [0.2, 0.25) is 0 Å². The molecule has 174 valence electrons. The van der Waals surface area contributed by atoms with Crippen LogP contribution in [0.4, 0.5) is 11.5 Å². The number of nitrogens with zero attached hydrogens (tertiary/aromatic N) is 7. The van der Waals surface area contributed by atoms with E-state index in [1.54, 1.807) is 19.9 Å². The van der Waals surface area contributed by atoms with Crippen molar-refractivity contribution in [2.75, 3.05) is 10.0 Å². The Kier molecular flexibility index (Phi) is 5.36. The molecular formula is C24H19N7O4. The minimum Gasteiger partial charge on any atom is -0.478 e. The number of amides is 2. The Labute approximate surface area is 199 Å². The summed E-state index contributed by atoms with van der Waals surface area (Å²) in [5.41, 5.74) is 2.05. The highest BCUT2D eigenvalue weighted by molar-refractivity contribution is 6.19. The van der Waals surface area contributed by atoms with Crippen molar-refractivity contribution >= 4 is 51.6 Å². The molecule has 0 bridgehead atoms. The van der Waals surface area contributed by atoms with Gasteiger partial charge in [-0.3, -0.25) is 9.59 Å². The highest BCUT2D eigenvalue weighted by Gasteiger charge is 2.38. The van der Waals surface area contributed by atoms with E-state index in [1.165, 1.54) is 29.3 Å². The second-order valence-electron chi connectivity index (χ2n) is 8.03. The fraction of sp³-hybridized carbons (Fsp3) is 0.167. The molecule has 0 saturated carbocycles. The lowest BCUT2D eigenvalue weighted by Crippen LogP contribution is -2.32. The van der Waals surface area contributed by atoms with E-state index in [9.17, 15) is 14.4 Å². The van der Waals surface area contributed by atoms with Gasteiger partial charge < -0.3 is 5.11 Å². The minimum absolute atomic E-state index is 0.0947. The first-order valence-electron chi connectivity index (χ1n) is 10.7. The van der Waals surface area contributed by atoms with Crippen molar-refractivity contribution in [1.82, 2.24) is 4.98 Å². The fourth-order valence-electron chi connectivity index (χ4n) is 3.78. The maximum atomic E-state index is 13.0. The number of para-hydroxylation sites is 1. The van der Waals surface area contributed by atoms with Crippen LogP contribution in [-0.4, -0.2) is 51.4 Å². The lowest BCUT2D eigenvalue weighted by molar-refractivity contribution is -0.119. The first-order valence-corrected chi connectivity index (χ1v) is 10.7. The molecule has 1 N–H and O–H groups in total. The third-order valence-corrected chi connectivity index (χ3v) is 5.65. The molecule has 1 aromatic heterocycles. The highest BCUT2D eigenvalue weighted by atomic mass is 16.4. The number of aromatic nitrogens is 1. The van der Waals surface area contributed by atoms with Gasteiger partial charge in [-0.15, -0.1) is 0 Å². The molecule has 2 atom stereocenters. The van der Waals surface area contributed by atoms with Crippen molar-refractivity contribution in [2.24, 2.45) is 20.4 Å². The zero-order chi connectivity index (χ0) is 24.7. The predicted octanol–water partition coefficient (Wildman–Crippen LogP) is 3.27. The summed E-state index contributed by atoms with van der Waals surface area (Å²) in [6.07, 6.45) is 0. The third kappa shape index (κ3) is 3.92. The number of carbonyl (C=O) groups excluding carboxylic acids is 2. The number of azo groups is 1. The Hall–Kier alpha value is -4.80. The summed E-state index contributed by atoms with van der Waals surface area (Å²) in [5.74, 6) is -1.57. The second-order valence-corrected chi connectivity index (χ2v) is 8.03. The number of carboxylic acids is 1. The van der Waals surface area contributed by atoms with E-state index in [4.69, 9.17) is 5.11 Å². The molecule has 35 heavy (non-hydrogen) atoms. The zero-order valence-corrected chi connectivity index (χ0v) is 18.7. The number of aromatic carboxylic acids is 1. The molecule has 5 rings (SSSR count). The zero-order valence-electron chi connectivity index (χ0n) is 18.7. The van der Waals surface area contributed by atoms with Gasteiger partial charge in [0.15, 0.2) is 17.9 Å². The average molecular weight is 469 g/mol. The topological polar surface area (TPSA) is 140 Å². The van der Waals surface area contributed by atoms with Gasteiger partial charge in [0.1, 0.15) is 0 Å². The van der Waals surface area contributed by atoms with Crippen molar-refractivity contribution in [1.29, 1.82) is 0 Å². The number of hydrazone groups is 2. The van der Waals surface area contributed by atoms with E-state index in [1.807, 2.05) is 30.3 Å². The predicted molar refractivity (Wildman–Crippen MR) is 129 cm³/mol. The summed E-state index contributed by atoms with van der Waals surface area (Å²) in [6.45, 7) is 3.30. The molecule has 11 nitrogen and oxygen atoms in total. The van der Waals surface area contributed by atoms with Gasteiger partial charge in [-0.25, -0.2) is 9.78 Å². The Morgan fingerprint density at radius 3 is 2.09 bits per heavy atom. The standard InChI is InChI=1S/C24H19N7O4/c1-13-20(22(32)30(28-13)17-10-7-16(8-11-17)24(34)35)26-27-21-14(2)29-31(23(21)33)19-12-9-15-5-3-4-6-18(15)25-19/h3-12,20-21H,1-2H3,(H,34,35)/b27-26+. The first-order chi connectivity index (χ1) is 16.8. The summed E-state index contributed by atoms with van der Waals surface area (Å²) in [7, 11) is 0.